The quantitative estimate of drug-likeness (QED) is 0.647. The van der Waals surface area contributed by atoms with Gasteiger partial charge in [0, 0.05) is 11.5 Å². The van der Waals surface area contributed by atoms with E-state index in [0.717, 1.165) is 0 Å². The molecule has 0 heterocycles. The summed E-state index contributed by atoms with van der Waals surface area (Å²) in [6, 6.07) is 4.03. The van der Waals surface area contributed by atoms with Crippen molar-refractivity contribution >= 4 is 17.6 Å². The zero-order chi connectivity index (χ0) is 9.84. The number of halogens is 2. The predicted octanol–water partition coefficient (Wildman–Crippen LogP) is 1.92. The van der Waals surface area contributed by atoms with Crippen molar-refractivity contribution in [1.82, 2.24) is 0 Å². The lowest BCUT2D eigenvalue weighted by atomic mass is 10.2. The second kappa shape index (κ2) is 3.92. The van der Waals surface area contributed by atoms with Crippen LogP contribution < -0.4 is 0 Å². The molecule has 0 saturated carbocycles. The number of carbonyl (C=O) groups is 1. The molecule has 2 nitrogen and oxygen atoms in total. The minimum atomic E-state index is -1.28. The topological polar surface area (TPSA) is 37.3 Å². The lowest BCUT2D eigenvalue weighted by Gasteiger charge is -1.94. The molecular formula is C9H4ClFO2. The Morgan fingerprint density at radius 3 is 2.85 bits per heavy atom. The lowest BCUT2D eigenvalue weighted by molar-refractivity contribution is -0.130. The van der Waals surface area contributed by atoms with Gasteiger partial charge in [-0.25, -0.2) is 9.18 Å². The molecule has 1 N–H and O–H groups in total. The van der Waals surface area contributed by atoms with Crippen LogP contribution in [0.4, 0.5) is 4.39 Å². The average Bonchev–Trinajstić information content (AvgIpc) is 2.07. The Morgan fingerprint density at radius 2 is 2.23 bits per heavy atom. The van der Waals surface area contributed by atoms with Gasteiger partial charge < -0.3 is 5.11 Å². The first-order chi connectivity index (χ1) is 6.11. The van der Waals surface area contributed by atoms with E-state index in [-0.39, 0.29) is 10.6 Å². The molecule has 1 rings (SSSR count). The van der Waals surface area contributed by atoms with Gasteiger partial charge in [-0.2, -0.15) is 0 Å². The minimum Gasteiger partial charge on any atom is -0.472 e. The Hall–Kier alpha value is -1.53. The van der Waals surface area contributed by atoms with Gasteiger partial charge in [-0.3, -0.25) is 0 Å². The van der Waals surface area contributed by atoms with Gasteiger partial charge >= 0.3 is 5.97 Å². The molecule has 0 radical (unpaired) electrons. The summed E-state index contributed by atoms with van der Waals surface area (Å²) in [6.07, 6.45) is 0. The molecular weight excluding hydrogens is 195 g/mol. The Balaban J connectivity index is 3.11. The highest BCUT2D eigenvalue weighted by molar-refractivity contribution is 6.31. The Kier molecular flexibility index (Phi) is 2.88. The van der Waals surface area contributed by atoms with E-state index in [2.05, 4.69) is 5.92 Å². The summed E-state index contributed by atoms with van der Waals surface area (Å²) < 4.78 is 12.8. The second-order valence-electron chi connectivity index (χ2n) is 2.16. The van der Waals surface area contributed by atoms with E-state index in [1.54, 1.807) is 0 Å². The van der Waals surface area contributed by atoms with E-state index in [1.807, 2.05) is 5.92 Å². The van der Waals surface area contributed by atoms with Crippen LogP contribution in [0.15, 0.2) is 18.2 Å². The third kappa shape index (κ3) is 2.46. The maximum absolute atomic E-state index is 12.8. The van der Waals surface area contributed by atoms with Gasteiger partial charge in [-0.1, -0.05) is 23.6 Å². The highest BCUT2D eigenvalue weighted by atomic mass is 35.5. The van der Waals surface area contributed by atoms with Crippen molar-refractivity contribution in [2.45, 2.75) is 0 Å². The van der Waals surface area contributed by atoms with Gasteiger partial charge in [-0.15, -0.1) is 0 Å². The number of hydrogen-bond donors (Lipinski definition) is 1. The van der Waals surface area contributed by atoms with Crippen LogP contribution in [0.3, 0.4) is 0 Å². The molecule has 0 aliphatic carbocycles. The van der Waals surface area contributed by atoms with Crippen molar-refractivity contribution in [3.8, 4) is 11.8 Å². The summed E-state index contributed by atoms with van der Waals surface area (Å²) in [4.78, 5) is 10.1. The smallest absolute Gasteiger partial charge is 0.382 e. The molecule has 0 aromatic heterocycles. The number of aliphatic carboxylic acids is 1. The molecule has 66 valence electrons. The summed E-state index contributed by atoms with van der Waals surface area (Å²) in [5.41, 5.74) is 0.170. The molecule has 0 amide bonds. The van der Waals surface area contributed by atoms with Gasteiger partial charge in [-0.05, 0) is 12.1 Å². The first-order valence-corrected chi connectivity index (χ1v) is 3.68. The third-order valence-electron chi connectivity index (χ3n) is 1.26. The Bertz CT molecular complexity index is 404. The number of carboxylic acid groups (broad SMARTS) is 1. The fourth-order valence-electron chi connectivity index (χ4n) is 0.721. The lowest BCUT2D eigenvalue weighted by Crippen LogP contribution is -1.88. The highest BCUT2D eigenvalue weighted by Crippen LogP contribution is 2.18. The first-order valence-electron chi connectivity index (χ1n) is 3.30. The molecule has 0 bridgehead atoms. The van der Waals surface area contributed by atoms with E-state index in [1.165, 1.54) is 18.2 Å². The SMILES string of the molecule is O=C(O)C#Cc1cccc(F)c1Cl. The van der Waals surface area contributed by atoms with E-state index < -0.39 is 11.8 Å². The standard InChI is InChI=1S/C9H4ClFO2/c10-9-6(4-5-8(12)13)2-1-3-7(9)11/h1-3H,(H,12,13). The van der Waals surface area contributed by atoms with Crippen molar-refractivity contribution < 1.29 is 14.3 Å². The average molecular weight is 199 g/mol. The van der Waals surface area contributed by atoms with Gasteiger partial charge in [0.05, 0.1) is 5.02 Å². The Labute approximate surface area is 79.0 Å². The van der Waals surface area contributed by atoms with Crippen LogP contribution in [0.1, 0.15) is 5.56 Å². The summed E-state index contributed by atoms with van der Waals surface area (Å²) >= 11 is 5.51. The summed E-state index contributed by atoms with van der Waals surface area (Å²) in [7, 11) is 0. The summed E-state index contributed by atoms with van der Waals surface area (Å²) in [5, 5.41) is 8.07. The minimum absolute atomic E-state index is 0.156. The van der Waals surface area contributed by atoms with Crippen molar-refractivity contribution in [2.75, 3.05) is 0 Å². The van der Waals surface area contributed by atoms with Crippen LogP contribution in [0, 0.1) is 17.7 Å². The molecule has 0 fully saturated rings. The van der Waals surface area contributed by atoms with Crippen LogP contribution in [0.2, 0.25) is 5.02 Å². The summed E-state index contributed by atoms with van der Waals surface area (Å²) in [6.45, 7) is 0. The van der Waals surface area contributed by atoms with E-state index in [9.17, 15) is 9.18 Å². The first kappa shape index (κ1) is 9.56. The van der Waals surface area contributed by atoms with Gasteiger partial charge in [0.25, 0.3) is 0 Å². The number of carboxylic acids is 1. The molecule has 1 aromatic rings. The molecule has 1 aromatic carbocycles. The van der Waals surface area contributed by atoms with Crippen LogP contribution in [-0.4, -0.2) is 11.1 Å². The van der Waals surface area contributed by atoms with Crippen LogP contribution in [-0.2, 0) is 4.79 Å². The fourth-order valence-corrected chi connectivity index (χ4v) is 0.894. The monoisotopic (exact) mass is 198 g/mol. The second-order valence-corrected chi connectivity index (χ2v) is 2.53. The van der Waals surface area contributed by atoms with Crippen molar-refractivity contribution in [2.24, 2.45) is 0 Å². The molecule has 0 spiro atoms. The van der Waals surface area contributed by atoms with Gasteiger partial charge in [0.15, 0.2) is 0 Å². The van der Waals surface area contributed by atoms with Crippen molar-refractivity contribution in [3.05, 3.63) is 34.6 Å². The van der Waals surface area contributed by atoms with Crippen molar-refractivity contribution in [1.29, 1.82) is 0 Å². The highest BCUT2D eigenvalue weighted by Gasteiger charge is 2.02. The van der Waals surface area contributed by atoms with Crippen LogP contribution in [0.5, 0.6) is 0 Å². The fraction of sp³-hybridized carbons (Fsp3) is 0. The maximum Gasteiger partial charge on any atom is 0.382 e. The molecule has 0 atom stereocenters. The molecule has 0 unspecified atom stereocenters. The zero-order valence-corrected chi connectivity index (χ0v) is 7.10. The largest absolute Gasteiger partial charge is 0.472 e. The van der Waals surface area contributed by atoms with Gasteiger partial charge in [0.2, 0.25) is 0 Å². The van der Waals surface area contributed by atoms with Crippen LogP contribution >= 0.6 is 11.6 Å². The summed E-state index contributed by atoms with van der Waals surface area (Å²) in [5.74, 6) is 2.19. The maximum atomic E-state index is 12.8. The molecule has 0 saturated heterocycles. The molecule has 4 heteroatoms. The molecule has 0 aliphatic heterocycles. The van der Waals surface area contributed by atoms with Gasteiger partial charge in [0.1, 0.15) is 5.82 Å². The zero-order valence-electron chi connectivity index (χ0n) is 6.34. The van der Waals surface area contributed by atoms with Crippen LogP contribution in [0.25, 0.3) is 0 Å². The number of benzene rings is 1. The third-order valence-corrected chi connectivity index (χ3v) is 1.64. The van der Waals surface area contributed by atoms with E-state index in [0.29, 0.717) is 0 Å². The van der Waals surface area contributed by atoms with E-state index in [4.69, 9.17) is 16.7 Å². The Morgan fingerprint density at radius 1 is 1.54 bits per heavy atom. The van der Waals surface area contributed by atoms with Crippen molar-refractivity contribution in [3.63, 3.8) is 0 Å². The number of hydrogen-bond acceptors (Lipinski definition) is 1. The predicted molar refractivity (Wildman–Crippen MR) is 45.9 cm³/mol. The van der Waals surface area contributed by atoms with E-state index >= 15 is 0 Å². The molecule has 13 heavy (non-hydrogen) atoms. The normalized spacial score (nSPS) is 8.77. The molecule has 0 aliphatic rings. The number of rotatable bonds is 0.